The third-order valence-electron chi connectivity index (χ3n) is 5.19. The predicted molar refractivity (Wildman–Crippen MR) is 113 cm³/mol. The normalized spacial score (nSPS) is 17.4. The number of carbonyl (C=O) groups is 1. The molecule has 0 radical (unpaired) electrons. The molecule has 3 heterocycles. The van der Waals surface area contributed by atoms with Gasteiger partial charge in [0.2, 0.25) is 0 Å². The molecule has 3 rings (SSSR count). The van der Waals surface area contributed by atoms with E-state index in [1.165, 1.54) is 4.88 Å². The molecule has 0 aliphatic carbocycles. The quantitative estimate of drug-likeness (QED) is 0.630. The van der Waals surface area contributed by atoms with Crippen LogP contribution in [0, 0.1) is 5.92 Å². The molecule has 2 aromatic heterocycles. The fourth-order valence-electron chi connectivity index (χ4n) is 3.61. The zero-order valence-corrected chi connectivity index (χ0v) is 18.2. The van der Waals surface area contributed by atoms with Crippen LogP contribution in [0.5, 0.6) is 0 Å². The van der Waals surface area contributed by atoms with Gasteiger partial charge < -0.3 is 4.74 Å². The Morgan fingerprint density at radius 3 is 2.68 bits per heavy atom. The van der Waals surface area contributed by atoms with Crippen LogP contribution in [0.2, 0.25) is 0 Å². The topological polar surface area (TPSA) is 55.3 Å². The van der Waals surface area contributed by atoms with E-state index in [0.29, 0.717) is 18.4 Å². The van der Waals surface area contributed by atoms with Crippen molar-refractivity contribution in [2.45, 2.75) is 65.0 Å². The lowest BCUT2D eigenvalue weighted by atomic mass is 9.91. The largest absolute Gasteiger partial charge is 0.460 e. The van der Waals surface area contributed by atoms with Gasteiger partial charge in [-0.15, -0.1) is 11.3 Å². The Balaban J connectivity index is 1.47. The molecule has 0 bridgehead atoms. The van der Waals surface area contributed by atoms with Crippen LogP contribution in [-0.2, 0) is 9.53 Å². The Kier molecular flexibility index (Phi) is 6.83. The van der Waals surface area contributed by atoms with Crippen LogP contribution < -0.4 is 0 Å². The van der Waals surface area contributed by atoms with Crippen LogP contribution in [0.1, 0.15) is 64.3 Å². The van der Waals surface area contributed by atoms with Crippen LogP contribution in [0.15, 0.2) is 30.6 Å². The van der Waals surface area contributed by atoms with Crippen molar-refractivity contribution in [2.75, 3.05) is 13.1 Å². The molecule has 0 amide bonds. The highest BCUT2D eigenvalue weighted by molar-refractivity contribution is 7.15. The van der Waals surface area contributed by atoms with Gasteiger partial charge in [0.1, 0.15) is 10.6 Å². The molecule has 5 nitrogen and oxygen atoms in total. The average molecular weight is 402 g/mol. The summed E-state index contributed by atoms with van der Waals surface area (Å²) < 4.78 is 5.42. The van der Waals surface area contributed by atoms with Gasteiger partial charge in [0.05, 0.1) is 5.69 Å². The third-order valence-corrected chi connectivity index (χ3v) is 6.38. The van der Waals surface area contributed by atoms with Crippen LogP contribution in [0.3, 0.4) is 0 Å². The van der Waals surface area contributed by atoms with Crippen molar-refractivity contribution < 1.29 is 9.53 Å². The predicted octanol–water partition coefficient (Wildman–Crippen LogP) is 5.10. The molecule has 6 heteroatoms. The molecule has 1 unspecified atom stereocenters. The van der Waals surface area contributed by atoms with Crippen LogP contribution >= 0.6 is 11.3 Å². The number of piperidine rings is 1. The first-order chi connectivity index (χ1) is 13.3. The summed E-state index contributed by atoms with van der Waals surface area (Å²) in [6.45, 7) is 10.2. The maximum absolute atomic E-state index is 11.9. The Morgan fingerprint density at radius 1 is 1.29 bits per heavy atom. The van der Waals surface area contributed by atoms with Gasteiger partial charge in [-0.2, -0.15) is 0 Å². The van der Waals surface area contributed by atoms with E-state index >= 15 is 0 Å². The van der Waals surface area contributed by atoms with Gasteiger partial charge in [0.15, 0.2) is 0 Å². The van der Waals surface area contributed by atoms with E-state index in [1.807, 2.05) is 51.4 Å². The number of rotatable bonds is 6. The Morgan fingerprint density at radius 2 is 2.04 bits per heavy atom. The molecule has 1 saturated heterocycles. The highest BCUT2D eigenvalue weighted by Crippen LogP contribution is 2.33. The number of likely N-dealkylation sites (tertiary alicyclic amines) is 1. The van der Waals surface area contributed by atoms with Gasteiger partial charge >= 0.3 is 5.97 Å². The van der Waals surface area contributed by atoms with Gasteiger partial charge in [-0.1, -0.05) is 6.07 Å². The molecule has 0 aromatic carbocycles. The van der Waals surface area contributed by atoms with Crippen molar-refractivity contribution in [2.24, 2.45) is 5.92 Å². The second kappa shape index (κ2) is 9.14. The van der Waals surface area contributed by atoms with E-state index in [4.69, 9.17) is 4.74 Å². The van der Waals surface area contributed by atoms with Crippen molar-refractivity contribution in [1.29, 1.82) is 0 Å². The van der Waals surface area contributed by atoms with Gasteiger partial charge in [0.25, 0.3) is 0 Å². The summed E-state index contributed by atoms with van der Waals surface area (Å²) in [5.74, 6) is 0.538. The molecule has 0 spiro atoms. The minimum Gasteiger partial charge on any atom is -0.460 e. The fraction of sp³-hybridized carbons (Fsp3) is 0.591. The summed E-state index contributed by atoms with van der Waals surface area (Å²) in [4.78, 5) is 24.7. The third kappa shape index (κ3) is 5.85. The average Bonchev–Trinajstić information content (AvgIpc) is 3.16. The van der Waals surface area contributed by atoms with Crippen LogP contribution in [0.4, 0.5) is 0 Å². The van der Waals surface area contributed by atoms with E-state index < -0.39 is 5.60 Å². The van der Waals surface area contributed by atoms with Gasteiger partial charge in [-0.05, 0) is 78.1 Å². The SMILES string of the molecule is CC(c1cnc(-c2ccccn2)s1)N1CCC(CCC(=O)OC(C)(C)C)CC1. The molecule has 1 atom stereocenters. The second-order valence-corrected chi connectivity index (χ2v) is 9.63. The number of hydrogen-bond donors (Lipinski definition) is 0. The van der Waals surface area contributed by atoms with Gasteiger partial charge in [0, 0.05) is 29.7 Å². The molecule has 0 saturated carbocycles. The minimum atomic E-state index is -0.390. The summed E-state index contributed by atoms with van der Waals surface area (Å²) in [5, 5.41) is 0.981. The Bertz CT molecular complexity index is 762. The van der Waals surface area contributed by atoms with E-state index in [9.17, 15) is 4.79 Å². The van der Waals surface area contributed by atoms with Crippen molar-refractivity contribution in [3.8, 4) is 10.7 Å². The molecular weight excluding hydrogens is 370 g/mol. The lowest BCUT2D eigenvalue weighted by Gasteiger charge is -2.35. The number of thiazole rings is 1. The highest BCUT2D eigenvalue weighted by Gasteiger charge is 2.26. The highest BCUT2D eigenvalue weighted by atomic mass is 32.1. The lowest BCUT2D eigenvalue weighted by molar-refractivity contribution is -0.155. The molecule has 152 valence electrons. The van der Waals surface area contributed by atoms with E-state index in [-0.39, 0.29) is 5.97 Å². The number of hydrogen-bond acceptors (Lipinski definition) is 6. The second-order valence-electron chi connectivity index (χ2n) is 8.56. The maximum atomic E-state index is 11.9. The number of aromatic nitrogens is 2. The minimum absolute atomic E-state index is 0.0741. The standard InChI is InChI=1S/C22H31N3O2S/c1-16(19-15-24-21(28-19)18-7-5-6-12-23-18)25-13-10-17(11-14-25)8-9-20(26)27-22(2,3)4/h5-7,12,15-17H,8-11,13-14H2,1-4H3. The van der Waals surface area contributed by atoms with Crippen molar-refractivity contribution in [3.63, 3.8) is 0 Å². The number of ether oxygens (including phenoxy) is 1. The first kappa shape index (κ1) is 20.9. The molecule has 2 aromatic rings. The molecule has 28 heavy (non-hydrogen) atoms. The maximum Gasteiger partial charge on any atom is 0.306 e. The monoisotopic (exact) mass is 401 g/mol. The van der Waals surface area contributed by atoms with Crippen LogP contribution in [-0.4, -0.2) is 39.5 Å². The Labute approximate surface area is 172 Å². The number of carbonyl (C=O) groups excluding carboxylic acids is 1. The zero-order valence-electron chi connectivity index (χ0n) is 17.4. The molecule has 1 aliphatic heterocycles. The number of nitrogens with zero attached hydrogens (tertiary/aromatic N) is 3. The van der Waals surface area contributed by atoms with E-state index in [1.54, 1.807) is 11.3 Å². The van der Waals surface area contributed by atoms with Crippen LogP contribution in [0.25, 0.3) is 10.7 Å². The molecule has 1 fully saturated rings. The van der Waals surface area contributed by atoms with Gasteiger partial charge in [-0.25, -0.2) is 4.98 Å². The first-order valence-electron chi connectivity index (χ1n) is 10.1. The fourth-order valence-corrected chi connectivity index (χ4v) is 4.59. The van der Waals surface area contributed by atoms with Crippen molar-refractivity contribution in [1.82, 2.24) is 14.9 Å². The summed E-state index contributed by atoms with van der Waals surface area (Å²) in [5.41, 5.74) is 0.547. The lowest BCUT2D eigenvalue weighted by Crippen LogP contribution is -2.35. The van der Waals surface area contributed by atoms with E-state index in [2.05, 4.69) is 21.8 Å². The van der Waals surface area contributed by atoms with Crippen molar-refractivity contribution >= 4 is 17.3 Å². The zero-order chi connectivity index (χ0) is 20.1. The number of pyridine rings is 1. The van der Waals surface area contributed by atoms with Crippen molar-refractivity contribution in [3.05, 3.63) is 35.5 Å². The summed E-state index contributed by atoms with van der Waals surface area (Å²) in [7, 11) is 0. The summed E-state index contributed by atoms with van der Waals surface area (Å²) in [6.07, 6.45) is 7.54. The summed E-state index contributed by atoms with van der Waals surface area (Å²) >= 11 is 1.73. The first-order valence-corrected chi connectivity index (χ1v) is 11.0. The number of esters is 1. The molecule has 0 N–H and O–H groups in total. The Hall–Kier alpha value is -1.79. The van der Waals surface area contributed by atoms with Gasteiger partial charge in [-0.3, -0.25) is 14.7 Å². The molecular formula is C22H31N3O2S. The summed E-state index contributed by atoms with van der Waals surface area (Å²) in [6, 6.07) is 6.29. The molecule has 1 aliphatic rings. The van der Waals surface area contributed by atoms with E-state index in [0.717, 1.165) is 43.1 Å². The smallest absolute Gasteiger partial charge is 0.306 e.